The molecule has 2 aromatic carbocycles. The van der Waals surface area contributed by atoms with Crippen LogP contribution in [0.15, 0.2) is 53.3 Å². The van der Waals surface area contributed by atoms with Crippen LogP contribution in [-0.2, 0) is 9.53 Å². The third kappa shape index (κ3) is 6.85. The number of nitrogens with one attached hydrogen (secondary N) is 1. The molecule has 0 spiro atoms. The lowest BCUT2D eigenvalue weighted by molar-refractivity contribution is -0.115. The summed E-state index contributed by atoms with van der Waals surface area (Å²) in [7, 11) is 0. The second-order valence-electron chi connectivity index (χ2n) is 8.18. The van der Waals surface area contributed by atoms with Crippen LogP contribution in [0, 0.1) is 11.3 Å². The van der Waals surface area contributed by atoms with Crippen LogP contribution in [0.25, 0.3) is 17.3 Å². The quantitative estimate of drug-likeness (QED) is 0.453. The Bertz CT molecular complexity index is 1490. The topological polar surface area (TPSA) is 96.6 Å². The number of aromatic nitrogens is 1. The summed E-state index contributed by atoms with van der Waals surface area (Å²) in [6.07, 6.45) is 1.56. The van der Waals surface area contributed by atoms with Crippen molar-refractivity contribution in [2.75, 3.05) is 39.4 Å². The van der Waals surface area contributed by atoms with Crippen LogP contribution < -0.4 is 24.8 Å². The first-order chi connectivity index (χ1) is 18.4. The average molecular weight is 561 g/mol. The largest absolute Gasteiger partial charge is 0.435 e. The molecule has 4 rings (SSSR count). The number of hydrogen-bond acceptors (Lipinski definition) is 7. The number of alkyl halides is 2. The molecule has 0 bridgehead atoms. The molecule has 1 aliphatic rings. The molecule has 2 heterocycles. The number of benzene rings is 2. The first-order valence-corrected chi connectivity index (χ1v) is 12.8. The number of morpholine rings is 1. The first-order valence-electron chi connectivity index (χ1n) is 11.6. The zero-order valence-corrected chi connectivity index (χ0v) is 21.6. The van der Waals surface area contributed by atoms with Crippen LogP contribution >= 0.6 is 22.9 Å². The molecule has 1 saturated heterocycles. The van der Waals surface area contributed by atoms with Gasteiger partial charge in [0.1, 0.15) is 16.5 Å². The summed E-state index contributed by atoms with van der Waals surface area (Å²) in [5.41, 5.74) is 0.326. The molecule has 1 fully saturated rings. The molecule has 3 aromatic rings. The molecule has 1 N–H and O–H groups in total. The fourth-order valence-electron chi connectivity index (χ4n) is 3.81. The van der Waals surface area contributed by atoms with Crippen molar-refractivity contribution in [2.45, 2.75) is 6.61 Å². The zero-order chi connectivity index (χ0) is 27.1. The summed E-state index contributed by atoms with van der Waals surface area (Å²) in [6, 6.07) is 14.2. The second-order valence-corrected chi connectivity index (χ2v) is 9.64. The number of ether oxygens (including phenoxy) is 2. The number of carbonyl (C=O) groups excluding carboxylic acids is 1. The predicted molar refractivity (Wildman–Crippen MR) is 140 cm³/mol. The molecule has 1 aromatic heterocycles. The maximum atomic E-state index is 13.5. The second kappa shape index (κ2) is 12.8. The SMILES string of the molecule is N#C/C(C(=O)NCCN1CCOCC1)=c1/s/c(=C\c2ccc(OC(F)F)cc2)c(=O)n1-c1ccc(Cl)cc1. The van der Waals surface area contributed by atoms with E-state index in [4.69, 9.17) is 16.3 Å². The number of rotatable bonds is 8. The molecule has 1 aliphatic heterocycles. The van der Waals surface area contributed by atoms with Gasteiger partial charge in [0.25, 0.3) is 11.5 Å². The van der Waals surface area contributed by atoms with Crippen molar-refractivity contribution in [3.05, 3.63) is 78.7 Å². The molecule has 0 radical (unpaired) electrons. The van der Waals surface area contributed by atoms with Gasteiger partial charge in [0.05, 0.1) is 23.4 Å². The molecule has 0 saturated carbocycles. The van der Waals surface area contributed by atoms with Gasteiger partial charge in [-0.05, 0) is 48.0 Å². The third-order valence-corrected chi connectivity index (χ3v) is 7.03. The Morgan fingerprint density at radius 3 is 2.50 bits per heavy atom. The molecular weight excluding hydrogens is 538 g/mol. The Hall–Kier alpha value is -3.56. The summed E-state index contributed by atoms with van der Waals surface area (Å²) >= 11 is 7.00. The minimum absolute atomic E-state index is 0.0172. The molecule has 8 nitrogen and oxygen atoms in total. The van der Waals surface area contributed by atoms with Gasteiger partial charge in [0.2, 0.25) is 0 Å². The highest BCUT2D eigenvalue weighted by Gasteiger charge is 2.18. The smallest absolute Gasteiger partial charge is 0.387 e. The summed E-state index contributed by atoms with van der Waals surface area (Å²) in [5.74, 6) is -0.610. The molecule has 1 amide bonds. The molecule has 12 heteroatoms. The van der Waals surface area contributed by atoms with E-state index < -0.39 is 18.1 Å². The van der Waals surface area contributed by atoms with Gasteiger partial charge in [-0.2, -0.15) is 14.0 Å². The Kier molecular flexibility index (Phi) is 9.25. The number of amides is 1. The van der Waals surface area contributed by atoms with E-state index in [9.17, 15) is 23.6 Å². The van der Waals surface area contributed by atoms with Crippen molar-refractivity contribution >= 4 is 40.5 Å². The molecule has 38 heavy (non-hydrogen) atoms. The van der Waals surface area contributed by atoms with Crippen LogP contribution in [-0.4, -0.2) is 61.4 Å². The van der Waals surface area contributed by atoms with Gasteiger partial charge in [-0.1, -0.05) is 23.7 Å². The van der Waals surface area contributed by atoms with Crippen LogP contribution in [0.4, 0.5) is 8.78 Å². The van der Waals surface area contributed by atoms with Crippen LogP contribution in [0.3, 0.4) is 0 Å². The maximum absolute atomic E-state index is 13.5. The molecule has 0 atom stereocenters. The van der Waals surface area contributed by atoms with Gasteiger partial charge in [0, 0.05) is 31.2 Å². The van der Waals surface area contributed by atoms with Crippen LogP contribution in [0.2, 0.25) is 5.02 Å². The van der Waals surface area contributed by atoms with Gasteiger partial charge >= 0.3 is 6.61 Å². The minimum Gasteiger partial charge on any atom is -0.435 e. The molecule has 0 aliphatic carbocycles. The van der Waals surface area contributed by atoms with E-state index in [1.807, 2.05) is 6.07 Å². The summed E-state index contributed by atoms with van der Waals surface area (Å²) in [6.45, 7) is 0.774. The van der Waals surface area contributed by atoms with Gasteiger partial charge in [0.15, 0.2) is 5.57 Å². The van der Waals surface area contributed by atoms with Gasteiger partial charge in [-0.15, -0.1) is 11.3 Å². The molecular formula is C26H23ClF2N4O4S. The van der Waals surface area contributed by atoms with Gasteiger partial charge in [-0.3, -0.25) is 19.1 Å². The maximum Gasteiger partial charge on any atom is 0.387 e. The Morgan fingerprint density at radius 1 is 1.18 bits per heavy atom. The lowest BCUT2D eigenvalue weighted by Gasteiger charge is -2.26. The van der Waals surface area contributed by atoms with Crippen molar-refractivity contribution in [2.24, 2.45) is 0 Å². The molecule has 0 unspecified atom stereocenters. The first kappa shape index (κ1) is 27.5. The fourth-order valence-corrected chi connectivity index (χ4v) is 5.04. The average Bonchev–Trinajstić information content (AvgIpc) is 3.21. The highest BCUT2D eigenvalue weighted by atomic mass is 35.5. The summed E-state index contributed by atoms with van der Waals surface area (Å²) < 4.78 is 36.3. The van der Waals surface area contributed by atoms with Gasteiger partial charge in [-0.25, -0.2) is 0 Å². The predicted octanol–water partition coefficient (Wildman–Crippen LogP) is 2.11. The van der Waals surface area contributed by atoms with E-state index in [1.54, 1.807) is 30.3 Å². The van der Waals surface area contributed by atoms with Gasteiger partial charge < -0.3 is 14.8 Å². The van der Waals surface area contributed by atoms with E-state index in [-0.39, 0.29) is 20.5 Å². The van der Waals surface area contributed by atoms with Crippen molar-refractivity contribution < 1.29 is 23.0 Å². The Labute approximate surface area is 225 Å². The monoisotopic (exact) mass is 560 g/mol. The fraction of sp³-hybridized carbons (Fsp3) is 0.269. The van der Waals surface area contributed by atoms with E-state index >= 15 is 0 Å². The zero-order valence-electron chi connectivity index (χ0n) is 20.0. The van der Waals surface area contributed by atoms with E-state index in [2.05, 4.69) is 15.0 Å². The van der Waals surface area contributed by atoms with Crippen molar-refractivity contribution in [1.29, 1.82) is 5.26 Å². The number of nitrogens with zero attached hydrogens (tertiary/aromatic N) is 3. The van der Waals surface area contributed by atoms with E-state index in [0.29, 0.717) is 42.6 Å². The number of halogens is 3. The number of thiazole rings is 1. The lowest BCUT2D eigenvalue weighted by Crippen LogP contribution is -2.42. The van der Waals surface area contributed by atoms with Crippen molar-refractivity contribution in [3.63, 3.8) is 0 Å². The van der Waals surface area contributed by atoms with E-state index in [0.717, 1.165) is 24.4 Å². The van der Waals surface area contributed by atoms with E-state index in [1.165, 1.54) is 28.8 Å². The Balaban J connectivity index is 1.73. The number of nitriles is 1. The normalized spacial score (nSPS) is 15.3. The lowest BCUT2D eigenvalue weighted by atomic mass is 10.2. The minimum atomic E-state index is -2.95. The highest BCUT2D eigenvalue weighted by Crippen LogP contribution is 2.15. The highest BCUT2D eigenvalue weighted by molar-refractivity contribution is 7.07. The van der Waals surface area contributed by atoms with Crippen molar-refractivity contribution in [1.82, 2.24) is 14.8 Å². The third-order valence-electron chi connectivity index (χ3n) is 5.68. The van der Waals surface area contributed by atoms with Crippen LogP contribution in [0.1, 0.15) is 5.56 Å². The molecule has 198 valence electrons. The number of carbonyl (C=O) groups is 1. The number of hydrogen-bond donors (Lipinski definition) is 1. The van der Waals surface area contributed by atoms with Crippen LogP contribution in [0.5, 0.6) is 5.75 Å². The Morgan fingerprint density at radius 2 is 1.87 bits per heavy atom. The standard InChI is InChI=1S/C26H23ClF2N4O4S/c27-18-3-5-19(6-4-18)33-24(35)22(15-17-1-7-20(8-2-17)37-26(28)29)38-25(33)21(16-30)23(34)31-9-10-32-11-13-36-14-12-32/h1-8,15,26H,9-14H2,(H,31,34)/b22-15-,25-21-. The summed E-state index contributed by atoms with van der Waals surface area (Å²) in [5, 5.41) is 13.1. The van der Waals surface area contributed by atoms with Crippen molar-refractivity contribution in [3.8, 4) is 17.5 Å². The summed E-state index contributed by atoms with van der Waals surface area (Å²) in [4.78, 5) is 28.6.